The molecule has 2 aliphatic rings. The maximum Gasteiger partial charge on any atom is 0.227 e. The normalized spacial score (nSPS) is 17.1. The second-order valence-corrected chi connectivity index (χ2v) is 10.5. The van der Waals surface area contributed by atoms with Gasteiger partial charge in [-0.05, 0) is 93.4 Å². The van der Waals surface area contributed by atoms with Crippen LogP contribution in [0.1, 0.15) is 54.5 Å². The Morgan fingerprint density at radius 3 is 2.69 bits per heavy atom. The molecule has 1 aliphatic carbocycles. The average molecular weight is 505 g/mol. The maximum absolute atomic E-state index is 13.5. The third-order valence-electron chi connectivity index (χ3n) is 7.52. The Labute approximate surface area is 215 Å². The van der Waals surface area contributed by atoms with E-state index in [9.17, 15) is 4.39 Å². The first-order valence-corrected chi connectivity index (χ1v) is 13.2. The molecule has 0 bridgehead atoms. The number of hydrogen-bond donors (Lipinski definition) is 1. The van der Waals surface area contributed by atoms with Crippen molar-refractivity contribution in [2.75, 3.05) is 25.0 Å². The predicted octanol–water partition coefficient (Wildman–Crippen LogP) is 6.43. The van der Waals surface area contributed by atoms with E-state index in [1.165, 1.54) is 18.9 Å². The van der Waals surface area contributed by atoms with Gasteiger partial charge in [0.05, 0.1) is 29.1 Å². The Morgan fingerprint density at radius 2 is 1.92 bits per heavy atom. The van der Waals surface area contributed by atoms with E-state index in [1.54, 1.807) is 12.1 Å². The summed E-state index contributed by atoms with van der Waals surface area (Å²) in [5, 5.41) is 9.59. The largest absolute Gasteiger partial charge is 0.321 e. The number of fused-ring (bicyclic) bond motifs is 1. The monoisotopic (exact) mass is 504 g/mol. The van der Waals surface area contributed by atoms with Gasteiger partial charge < -0.3 is 10.2 Å². The van der Waals surface area contributed by atoms with E-state index in [2.05, 4.69) is 38.0 Å². The lowest BCUT2D eigenvalue weighted by Crippen LogP contribution is -2.34. The van der Waals surface area contributed by atoms with E-state index in [0.717, 1.165) is 77.3 Å². The molecule has 8 heteroatoms. The lowest BCUT2D eigenvalue weighted by molar-refractivity contribution is 0.214. The van der Waals surface area contributed by atoms with Crippen LogP contribution in [0.5, 0.6) is 0 Å². The zero-order chi connectivity index (χ0) is 24.6. The highest BCUT2D eigenvalue weighted by atomic mass is 35.5. The summed E-state index contributed by atoms with van der Waals surface area (Å²) < 4.78 is 15.6. The summed E-state index contributed by atoms with van der Waals surface area (Å²) in [4.78, 5) is 11.8. The molecular weight excluding hydrogens is 475 g/mol. The molecule has 186 valence electrons. The minimum Gasteiger partial charge on any atom is -0.321 e. The van der Waals surface area contributed by atoms with Crippen LogP contribution in [0.3, 0.4) is 0 Å². The minimum atomic E-state index is -0.164. The van der Waals surface area contributed by atoms with Gasteiger partial charge in [-0.3, -0.25) is 4.68 Å². The molecule has 2 aromatic carbocycles. The third-order valence-corrected chi connectivity index (χ3v) is 7.84. The molecule has 0 amide bonds. The highest BCUT2D eigenvalue weighted by Gasteiger charge is 2.27. The number of halogens is 2. The van der Waals surface area contributed by atoms with Crippen LogP contribution in [0.15, 0.2) is 48.8 Å². The van der Waals surface area contributed by atoms with E-state index >= 15 is 0 Å². The molecule has 2 aromatic heterocycles. The van der Waals surface area contributed by atoms with Gasteiger partial charge in [0.2, 0.25) is 5.95 Å². The van der Waals surface area contributed by atoms with Gasteiger partial charge in [0, 0.05) is 23.2 Å². The van der Waals surface area contributed by atoms with Crippen LogP contribution in [0.2, 0.25) is 5.02 Å². The summed E-state index contributed by atoms with van der Waals surface area (Å²) in [6, 6.07) is 11.6. The smallest absolute Gasteiger partial charge is 0.227 e. The van der Waals surface area contributed by atoms with Crippen molar-refractivity contribution in [3.63, 3.8) is 0 Å². The van der Waals surface area contributed by atoms with E-state index in [1.807, 2.05) is 24.5 Å². The first kappa shape index (κ1) is 23.4. The molecule has 1 saturated heterocycles. The fraction of sp³-hybridized carbons (Fsp3) is 0.393. The lowest BCUT2D eigenvalue weighted by atomic mass is 9.88. The molecular formula is C28H30ClFN6. The van der Waals surface area contributed by atoms with Crippen molar-refractivity contribution in [1.29, 1.82) is 0 Å². The van der Waals surface area contributed by atoms with Crippen molar-refractivity contribution < 1.29 is 4.39 Å². The van der Waals surface area contributed by atoms with Crippen molar-refractivity contribution >= 4 is 34.1 Å². The summed E-state index contributed by atoms with van der Waals surface area (Å²) in [6.45, 7) is 5.04. The van der Waals surface area contributed by atoms with Gasteiger partial charge in [-0.25, -0.2) is 14.4 Å². The fourth-order valence-corrected chi connectivity index (χ4v) is 5.57. The van der Waals surface area contributed by atoms with Crippen molar-refractivity contribution in [2.45, 2.75) is 51.0 Å². The molecule has 0 atom stereocenters. The number of nitrogens with one attached hydrogen (secondary N) is 1. The number of likely N-dealkylation sites (tertiary alicyclic amines) is 1. The van der Waals surface area contributed by atoms with Gasteiger partial charge in [-0.2, -0.15) is 5.10 Å². The first-order chi connectivity index (χ1) is 17.5. The average Bonchev–Trinajstić information content (AvgIpc) is 3.66. The second-order valence-electron chi connectivity index (χ2n) is 10.1. The van der Waals surface area contributed by atoms with Crippen LogP contribution in [-0.4, -0.2) is 44.3 Å². The van der Waals surface area contributed by atoms with E-state index in [-0.39, 0.29) is 5.82 Å². The third kappa shape index (κ3) is 4.95. The van der Waals surface area contributed by atoms with Crippen LogP contribution >= 0.6 is 11.6 Å². The second kappa shape index (κ2) is 9.79. The zero-order valence-corrected chi connectivity index (χ0v) is 21.2. The summed E-state index contributed by atoms with van der Waals surface area (Å²) in [7, 11) is 0. The van der Waals surface area contributed by atoms with Gasteiger partial charge >= 0.3 is 0 Å². The Bertz CT molecular complexity index is 1390. The number of benzene rings is 2. The number of anilines is 2. The predicted molar refractivity (Wildman–Crippen MR) is 142 cm³/mol. The number of piperidine rings is 1. The van der Waals surface area contributed by atoms with Gasteiger partial charge in [-0.15, -0.1) is 0 Å². The number of rotatable bonds is 7. The first-order valence-electron chi connectivity index (χ1n) is 12.8. The molecule has 6 nitrogen and oxygen atoms in total. The Hall–Kier alpha value is -3.03. The summed E-state index contributed by atoms with van der Waals surface area (Å²) in [5.41, 5.74) is 5.17. The van der Waals surface area contributed by atoms with Gasteiger partial charge in [0.25, 0.3) is 0 Å². The van der Waals surface area contributed by atoms with Crippen LogP contribution < -0.4 is 5.32 Å². The highest BCUT2D eigenvalue weighted by molar-refractivity contribution is 6.32. The topological polar surface area (TPSA) is 58.9 Å². The molecule has 6 rings (SSSR count). The molecule has 1 aliphatic heterocycles. The Morgan fingerprint density at radius 1 is 1.08 bits per heavy atom. The lowest BCUT2D eigenvalue weighted by Gasteiger charge is -2.32. The molecule has 2 fully saturated rings. The van der Waals surface area contributed by atoms with Crippen LogP contribution in [0.25, 0.3) is 10.9 Å². The SMILES string of the molecule is Cc1c(Nc2ncc3cc(Cl)c(C4CCN(CCc5cccc(F)c5)CC4)cc3n2)cnn1C1CC1. The van der Waals surface area contributed by atoms with Crippen LogP contribution in [0, 0.1) is 12.7 Å². The Balaban J connectivity index is 1.13. The van der Waals surface area contributed by atoms with Gasteiger partial charge in [-0.1, -0.05) is 23.7 Å². The van der Waals surface area contributed by atoms with E-state index in [0.29, 0.717) is 17.9 Å². The molecule has 1 N–H and O–H groups in total. The van der Waals surface area contributed by atoms with E-state index < -0.39 is 0 Å². The molecule has 3 heterocycles. The zero-order valence-electron chi connectivity index (χ0n) is 20.4. The van der Waals surface area contributed by atoms with Gasteiger partial charge in [0.1, 0.15) is 5.82 Å². The van der Waals surface area contributed by atoms with Crippen molar-refractivity contribution in [1.82, 2.24) is 24.6 Å². The van der Waals surface area contributed by atoms with Crippen LogP contribution in [-0.2, 0) is 6.42 Å². The Kier molecular flexibility index (Phi) is 6.36. The minimum absolute atomic E-state index is 0.164. The molecule has 0 radical (unpaired) electrons. The quantitative estimate of drug-likeness (QED) is 0.314. The molecule has 36 heavy (non-hydrogen) atoms. The number of hydrogen-bond acceptors (Lipinski definition) is 5. The van der Waals surface area contributed by atoms with Crippen LogP contribution in [0.4, 0.5) is 16.0 Å². The van der Waals surface area contributed by atoms with Crippen molar-refractivity contribution in [3.05, 3.63) is 76.5 Å². The van der Waals surface area contributed by atoms with Crippen molar-refractivity contribution in [2.24, 2.45) is 0 Å². The van der Waals surface area contributed by atoms with Gasteiger partial charge in [0.15, 0.2) is 0 Å². The summed E-state index contributed by atoms with van der Waals surface area (Å²) in [5.74, 6) is 0.807. The standard InChI is InChI=1S/C28H30ClFN6/c1-18-27(17-32-36(18)23-5-6-23)34-28-31-16-21-14-25(29)24(15-26(21)33-28)20-8-11-35(12-9-20)10-7-19-3-2-4-22(30)13-19/h2-4,13-17,20,23H,5-12H2,1H3,(H,31,33,34). The summed E-state index contributed by atoms with van der Waals surface area (Å²) >= 11 is 6.73. The van der Waals surface area contributed by atoms with Crippen molar-refractivity contribution in [3.8, 4) is 0 Å². The maximum atomic E-state index is 13.5. The fourth-order valence-electron chi connectivity index (χ4n) is 5.24. The number of aromatic nitrogens is 4. The molecule has 4 aromatic rings. The summed E-state index contributed by atoms with van der Waals surface area (Å²) in [6.07, 6.45) is 9.04. The van der Waals surface area contributed by atoms with E-state index in [4.69, 9.17) is 16.6 Å². The molecule has 1 saturated carbocycles. The number of nitrogens with zero attached hydrogens (tertiary/aromatic N) is 5. The molecule has 0 spiro atoms. The molecule has 0 unspecified atom stereocenters. The highest BCUT2D eigenvalue weighted by Crippen LogP contribution is 2.37.